The topological polar surface area (TPSA) is 123 Å². The van der Waals surface area contributed by atoms with E-state index in [1.165, 1.54) is 16.0 Å². The van der Waals surface area contributed by atoms with Crippen LogP contribution in [0.3, 0.4) is 0 Å². The van der Waals surface area contributed by atoms with Gasteiger partial charge in [-0.3, -0.25) is 4.79 Å². The van der Waals surface area contributed by atoms with E-state index in [-0.39, 0.29) is 11.7 Å². The molecular formula is C14H12N6O2S2. The summed E-state index contributed by atoms with van der Waals surface area (Å²) in [6.07, 6.45) is 1.55. The molecule has 0 saturated carbocycles. The zero-order valence-electron chi connectivity index (χ0n) is 12.5. The highest BCUT2D eigenvalue weighted by Gasteiger charge is 2.17. The maximum Gasteiger partial charge on any atom is 0.235 e. The van der Waals surface area contributed by atoms with Gasteiger partial charge in [0.1, 0.15) is 16.8 Å². The second-order valence-corrected chi connectivity index (χ2v) is 6.54. The molecule has 3 aromatic rings. The summed E-state index contributed by atoms with van der Waals surface area (Å²) in [6, 6.07) is 5.43. The molecule has 0 aromatic carbocycles. The van der Waals surface area contributed by atoms with Crippen LogP contribution in [0.5, 0.6) is 0 Å². The first kappa shape index (κ1) is 16.1. The second-order valence-electron chi connectivity index (χ2n) is 4.68. The number of hydrogen-bond acceptors (Lipinski definition) is 8. The molecule has 0 aliphatic rings. The highest BCUT2D eigenvalue weighted by Crippen LogP contribution is 2.26. The number of thiophene rings is 1. The number of thioether (sulfide) groups is 1. The molecule has 3 N–H and O–H groups in total. The number of rotatable bonds is 5. The molecule has 0 aliphatic carbocycles. The van der Waals surface area contributed by atoms with Crippen LogP contribution in [-0.2, 0) is 4.79 Å². The number of carbonyl (C=O) groups is 1. The van der Waals surface area contributed by atoms with Crippen molar-refractivity contribution in [3.63, 3.8) is 0 Å². The minimum atomic E-state index is -0.247. The zero-order chi connectivity index (χ0) is 17.1. The van der Waals surface area contributed by atoms with Crippen LogP contribution in [0, 0.1) is 18.3 Å². The van der Waals surface area contributed by atoms with Crippen LogP contribution in [0.1, 0.15) is 11.3 Å². The fourth-order valence-electron chi connectivity index (χ4n) is 1.96. The average molecular weight is 360 g/mol. The third-order valence-corrected chi connectivity index (χ3v) is 4.91. The monoisotopic (exact) mass is 360 g/mol. The van der Waals surface area contributed by atoms with Crippen molar-refractivity contribution in [1.82, 2.24) is 14.9 Å². The first-order chi connectivity index (χ1) is 11.6. The summed E-state index contributed by atoms with van der Waals surface area (Å²) >= 11 is 2.46. The van der Waals surface area contributed by atoms with Crippen molar-refractivity contribution < 1.29 is 9.21 Å². The van der Waals surface area contributed by atoms with E-state index in [0.717, 1.165) is 17.3 Å². The van der Waals surface area contributed by atoms with Crippen LogP contribution < -0.4 is 11.2 Å². The summed E-state index contributed by atoms with van der Waals surface area (Å²) in [4.78, 5) is 12.0. The lowest BCUT2D eigenvalue weighted by Crippen LogP contribution is -2.16. The lowest BCUT2D eigenvalue weighted by molar-refractivity contribution is -0.113. The van der Waals surface area contributed by atoms with Gasteiger partial charge in [-0.25, -0.2) is 4.68 Å². The fraction of sp³-hybridized carbons (Fsp3) is 0.143. The Morgan fingerprint density at radius 2 is 2.38 bits per heavy atom. The minimum absolute atomic E-state index is 0.0997. The van der Waals surface area contributed by atoms with Gasteiger partial charge < -0.3 is 15.6 Å². The molecular weight excluding hydrogens is 348 g/mol. The normalized spacial score (nSPS) is 10.5. The fourth-order valence-corrected chi connectivity index (χ4v) is 3.37. The molecule has 0 spiro atoms. The molecule has 0 bridgehead atoms. The Morgan fingerprint density at radius 1 is 1.54 bits per heavy atom. The molecule has 0 atom stereocenters. The standard InChI is InChI=1S/C14H12N6O2S2/c1-8-10(2-4-22-8)12-18-19-14(20(12)16)24-7-11(21)17-13-9(6-15)3-5-23-13/h2-5H,7,16H2,1H3,(H,17,21). The van der Waals surface area contributed by atoms with E-state index in [4.69, 9.17) is 15.5 Å². The van der Waals surface area contributed by atoms with Gasteiger partial charge in [0.15, 0.2) is 5.82 Å². The lowest BCUT2D eigenvalue weighted by atomic mass is 10.2. The van der Waals surface area contributed by atoms with Gasteiger partial charge in [-0.2, -0.15) is 5.26 Å². The number of carbonyl (C=O) groups excluding carboxylic acids is 1. The second kappa shape index (κ2) is 6.77. The Hall–Kier alpha value is -2.77. The van der Waals surface area contributed by atoms with Gasteiger partial charge in [0, 0.05) is 0 Å². The van der Waals surface area contributed by atoms with E-state index in [1.54, 1.807) is 30.7 Å². The molecule has 122 valence electrons. The molecule has 0 aliphatic heterocycles. The summed E-state index contributed by atoms with van der Waals surface area (Å²) in [5.74, 6) is 6.99. The van der Waals surface area contributed by atoms with Gasteiger partial charge in [0.2, 0.25) is 11.1 Å². The maximum absolute atomic E-state index is 12.0. The number of furan rings is 1. The predicted octanol–water partition coefficient (Wildman–Crippen LogP) is 2.22. The first-order valence-corrected chi connectivity index (χ1v) is 8.62. The zero-order valence-corrected chi connectivity index (χ0v) is 14.1. The van der Waals surface area contributed by atoms with E-state index in [2.05, 4.69) is 15.5 Å². The summed E-state index contributed by atoms with van der Waals surface area (Å²) in [7, 11) is 0. The molecule has 3 rings (SSSR count). The van der Waals surface area contributed by atoms with Crippen molar-refractivity contribution in [2.45, 2.75) is 12.1 Å². The third-order valence-electron chi connectivity index (χ3n) is 3.14. The third kappa shape index (κ3) is 3.12. The largest absolute Gasteiger partial charge is 0.469 e. The SMILES string of the molecule is Cc1occc1-c1nnc(SCC(=O)Nc2sccc2C#N)n1N. The van der Waals surface area contributed by atoms with Crippen LogP contribution >= 0.6 is 23.1 Å². The Labute approximate surface area is 145 Å². The number of anilines is 1. The van der Waals surface area contributed by atoms with Crippen LogP contribution in [0.2, 0.25) is 0 Å². The van der Waals surface area contributed by atoms with Gasteiger partial charge in [-0.1, -0.05) is 11.8 Å². The van der Waals surface area contributed by atoms with Gasteiger partial charge in [0.05, 0.1) is 23.1 Å². The van der Waals surface area contributed by atoms with Crippen LogP contribution in [0.15, 0.2) is 33.3 Å². The predicted molar refractivity (Wildman–Crippen MR) is 91.0 cm³/mol. The number of nitrogens with one attached hydrogen (secondary N) is 1. The Bertz CT molecular complexity index is 920. The number of amides is 1. The summed E-state index contributed by atoms with van der Waals surface area (Å²) in [6.45, 7) is 1.80. The van der Waals surface area contributed by atoms with Crippen molar-refractivity contribution in [2.24, 2.45) is 0 Å². The van der Waals surface area contributed by atoms with Gasteiger partial charge in [-0.05, 0) is 24.4 Å². The number of nitrogens with two attached hydrogens (primary N) is 1. The quantitative estimate of drug-likeness (QED) is 0.528. The van der Waals surface area contributed by atoms with E-state index >= 15 is 0 Å². The average Bonchev–Trinajstić information content (AvgIpc) is 3.26. The summed E-state index contributed by atoms with van der Waals surface area (Å²) < 4.78 is 6.55. The Kier molecular flexibility index (Phi) is 4.54. The molecule has 3 aromatic heterocycles. The molecule has 10 heteroatoms. The molecule has 0 saturated heterocycles. The molecule has 8 nitrogen and oxygen atoms in total. The summed E-state index contributed by atoms with van der Waals surface area (Å²) in [5.41, 5.74) is 1.19. The molecule has 3 heterocycles. The molecule has 24 heavy (non-hydrogen) atoms. The van der Waals surface area contributed by atoms with Crippen LogP contribution in [0.25, 0.3) is 11.4 Å². The van der Waals surface area contributed by atoms with Crippen molar-refractivity contribution in [2.75, 3.05) is 16.9 Å². The van der Waals surface area contributed by atoms with Gasteiger partial charge in [0.25, 0.3) is 0 Å². The van der Waals surface area contributed by atoms with Crippen molar-refractivity contribution in [1.29, 1.82) is 5.26 Å². The van der Waals surface area contributed by atoms with E-state index in [0.29, 0.717) is 27.3 Å². The molecule has 0 fully saturated rings. The smallest absolute Gasteiger partial charge is 0.235 e. The minimum Gasteiger partial charge on any atom is -0.469 e. The molecule has 0 radical (unpaired) electrons. The first-order valence-electron chi connectivity index (χ1n) is 6.75. The highest BCUT2D eigenvalue weighted by atomic mass is 32.2. The van der Waals surface area contributed by atoms with Crippen molar-refractivity contribution in [3.05, 3.63) is 35.1 Å². The van der Waals surface area contributed by atoms with Crippen LogP contribution in [-0.4, -0.2) is 26.5 Å². The molecule has 1 amide bonds. The number of nitrogens with zero attached hydrogens (tertiary/aromatic N) is 4. The number of aryl methyl sites for hydroxylation is 1. The summed E-state index contributed by atoms with van der Waals surface area (Å²) in [5, 5.41) is 22.4. The number of hydrogen-bond donors (Lipinski definition) is 2. The van der Waals surface area contributed by atoms with Crippen molar-refractivity contribution in [3.8, 4) is 17.5 Å². The number of nitriles is 1. The van der Waals surface area contributed by atoms with Gasteiger partial charge >= 0.3 is 0 Å². The number of aromatic nitrogens is 3. The highest BCUT2D eigenvalue weighted by molar-refractivity contribution is 7.99. The Balaban J connectivity index is 1.65. The lowest BCUT2D eigenvalue weighted by Gasteiger charge is -2.04. The Morgan fingerprint density at radius 3 is 3.08 bits per heavy atom. The maximum atomic E-state index is 12.0. The van der Waals surface area contributed by atoms with Crippen molar-refractivity contribution >= 4 is 34.0 Å². The van der Waals surface area contributed by atoms with E-state index < -0.39 is 0 Å². The number of nitrogen functional groups attached to an aromatic ring is 1. The van der Waals surface area contributed by atoms with E-state index in [1.807, 2.05) is 6.07 Å². The van der Waals surface area contributed by atoms with Crippen LogP contribution in [0.4, 0.5) is 5.00 Å². The van der Waals surface area contributed by atoms with E-state index in [9.17, 15) is 4.79 Å². The molecule has 0 unspecified atom stereocenters. The van der Waals surface area contributed by atoms with Gasteiger partial charge in [-0.15, -0.1) is 21.5 Å².